The van der Waals surface area contributed by atoms with E-state index in [4.69, 9.17) is 9.47 Å². The van der Waals surface area contributed by atoms with Crippen LogP contribution in [-0.2, 0) is 16.0 Å². The maximum Gasteiger partial charge on any atom is 0.229 e. The van der Waals surface area contributed by atoms with Crippen LogP contribution in [0.5, 0.6) is 0 Å². The SMILES string of the molecule is COCCO[C@H]1CCN(Cc2ccc(Nc3ncc(F)c(-c4cc(F)c5nc(C)n(C(C)C)c5c4)n3)nc2)C1. The predicted molar refractivity (Wildman–Crippen MR) is 145 cm³/mol. The van der Waals surface area contributed by atoms with E-state index in [1.165, 1.54) is 6.07 Å². The first kappa shape index (κ1) is 27.0. The maximum absolute atomic E-state index is 15.0. The second-order valence-corrected chi connectivity index (χ2v) is 10.0. The Hall–Kier alpha value is -3.54. The zero-order valence-corrected chi connectivity index (χ0v) is 22.6. The summed E-state index contributed by atoms with van der Waals surface area (Å²) in [5.74, 6) is 0.201. The summed E-state index contributed by atoms with van der Waals surface area (Å²) in [4.78, 5) is 19.6. The van der Waals surface area contributed by atoms with Crippen molar-refractivity contribution < 1.29 is 18.3 Å². The number of rotatable bonds is 10. The molecule has 1 saturated heterocycles. The Balaban J connectivity index is 1.29. The summed E-state index contributed by atoms with van der Waals surface area (Å²) in [7, 11) is 1.67. The van der Waals surface area contributed by atoms with Gasteiger partial charge in [-0.3, -0.25) is 4.90 Å². The Bertz CT molecular complexity index is 1440. The zero-order chi connectivity index (χ0) is 27.5. The topological polar surface area (TPSA) is 90.2 Å². The highest BCUT2D eigenvalue weighted by Crippen LogP contribution is 2.30. The lowest BCUT2D eigenvalue weighted by Gasteiger charge is -2.16. The minimum Gasteiger partial charge on any atom is -0.382 e. The van der Waals surface area contributed by atoms with Crippen molar-refractivity contribution in [2.75, 3.05) is 38.7 Å². The Labute approximate surface area is 226 Å². The van der Waals surface area contributed by atoms with Gasteiger partial charge in [-0.05, 0) is 51.0 Å². The van der Waals surface area contributed by atoms with E-state index < -0.39 is 11.6 Å². The van der Waals surface area contributed by atoms with Crippen LogP contribution < -0.4 is 5.32 Å². The van der Waals surface area contributed by atoms with Gasteiger partial charge in [0.15, 0.2) is 11.6 Å². The van der Waals surface area contributed by atoms with Gasteiger partial charge in [-0.25, -0.2) is 28.7 Å². The number of hydrogen-bond donors (Lipinski definition) is 1. The van der Waals surface area contributed by atoms with Crippen LogP contribution in [0, 0.1) is 18.6 Å². The number of hydrogen-bond acceptors (Lipinski definition) is 8. The Kier molecular flexibility index (Phi) is 8.10. The summed E-state index contributed by atoms with van der Waals surface area (Å²) >= 11 is 0. The zero-order valence-electron chi connectivity index (χ0n) is 22.6. The number of aromatic nitrogens is 5. The van der Waals surface area contributed by atoms with E-state index in [9.17, 15) is 8.78 Å². The average Bonchev–Trinajstić information content (AvgIpc) is 3.50. The van der Waals surface area contributed by atoms with E-state index in [2.05, 4.69) is 30.2 Å². The van der Waals surface area contributed by atoms with Crippen molar-refractivity contribution in [2.45, 2.75) is 45.9 Å². The van der Waals surface area contributed by atoms with Crippen molar-refractivity contribution in [2.24, 2.45) is 0 Å². The van der Waals surface area contributed by atoms with E-state index in [0.29, 0.717) is 35.9 Å². The molecule has 1 aromatic carbocycles. The number of benzene rings is 1. The fourth-order valence-electron chi connectivity index (χ4n) is 5.03. The molecule has 0 bridgehead atoms. The molecule has 0 radical (unpaired) electrons. The average molecular weight is 538 g/mol. The first-order valence-corrected chi connectivity index (χ1v) is 13.1. The molecule has 1 N–H and O–H groups in total. The van der Waals surface area contributed by atoms with Gasteiger partial charge >= 0.3 is 0 Å². The molecule has 11 heteroatoms. The lowest BCUT2D eigenvalue weighted by molar-refractivity contribution is 0.0219. The molecule has 0 spiro atoms. The molecule has 1 fully saturated rings. The molecular weight excluding hydrogens is 504 g/mol. The van der Waals surface area contributed by atoms with Gasteiger partial charge in [0.2, 0.25) is 5.95 Å². The number of likely N-dealkylation sites (tertiary alicyclic amines) is 1. The maximum atomic E-state index is 15.0. The fourth-order valence-corrected chi connectivity index (χ4v) is 5.03. The molecule has 4 heterocycles. The minimum atomic E-state index is -0.648. The monoisotopic (exact) mass is 537 g/mol. The summed E-state index contributed by atoms with van der Waals surface area (Å²) < 4.78 is 42.6. The smallest absolute Gasteiger partial charge is 0.229 e. The summed E-state index contributed by atoms with van der Waals surface area (Å²) in [5.41, 5.74) is 2.22. The van der Waals surface area contributed by atoms with Crippen LogP contribution in [0.3, 0.4) is 0 Å². The van der Waals surface area contributed by atoms with E-state index in [1.807, 2.05) is 37.5 Å². The second kappa shape index (κ2) is 11.7. The van der Waals surface area contributed by atoms with Crippen LogP contribution >= 0.6 is 0 Å². The fraction of sp³-hybridized carbons (Fsp3) is 0.429. The molecule has 9 nitrogen and oxygen atoms in total. The van der Waals surface area contributed by atoms with E-state index in [0.717, 1.165) is 37.8 Å². The van der Waals surface area contributed by atoms with Gasteiger partial charge in [0, 0.05) is 44.5 Å². The van der Waals surface area contributed by atoms with Gasteiger partial charge < -0.3 is 19.4 Å². The van der Waals surface area contributed by atoms with Crippen LogP contribution in [0.2, 0.25) is 0 Å². The van der Waals surface area contributed by atoms with Crippen molar-refractivity contribution in [1.29, 1.82) is 0 Å². The molecule has 5 rings (SSSR count). The number of methoxy groups -OCH3 is 1. The summed E-state index contributed by atoms with van der Waals surface area (Å²) in [6.45, 7) is 9.63. The third kappa shape index (κ3) is 6.05. The third-order valence-corrected chi connectivity index (χ3v) is 6.80. The molecule has 4 aromatic rings. The number of nitrogens with one attached hydrogen (secondary N) is 1. The van der Waals surface area contributed by atoms with Crippen molar-refractivity contribution >= 4 is 22.8 Å². The molecule has 206 valence electrons. The summed E-state index contributed by atoms with van der Waals surface area (Å²) in [5, 5.41) is 3.03. The van der Waals surface area contributed by atoms with Gasteiger partial charge in [0.1, 0.15) is 22.9 Å². The molecule has 0 saturated carbocycles. The van der Waals surface area contributed by atoms with Crippen LogP contribution in [0.25, 0.3) is 22.3 Å². The van der Waals surface area contributed by atoms with Gasteiger partial charge in [0.05, 0.1) is 31.0 Å². The molecule has 0 amide bonds. The van der Waals surface area contributed by atoms with E-state index >= 15 is 0 Å². The number of pyridine rings is 1. The standard InChI is InChI=1S/C28H33F2N7O2/c1-17(2)37-18(3)33-27-22(29)11-20(12-24(27)37)26-23(30)14-32-28(35-26)34-25-6-5-19(13-31-25)15-36-8-7-21(16-36)39-10-9-38-4/h5-6,11-14,17,21H,7-10,15-16H2,1-4H3,(H,31,32,34,35)/t21-/m0/s1. The molecule has 3 aromatic heterocycles. The highest BCUT2D eigenvalue weighted by Gasteiger charge is 2.23. The number of nitrogens with zero attached hydrogens (tertiary/aromatic N) is 6. The molecular formula is C28H33F2N7O2. The van der Waals surface area contributed by atoms with Gasteiger partial charge in [-0.2, -0.15) is 0 Å². The highest BCUT2D eigenvalue weighted by molar-refractivity contribution is 5.83. The number of imidazole rings is 1. The highest BCUT2D eigenvalue weighted by atomic mass is 19.1. The quantitative estimate of drug-likeness (QED) is 0.282. The Morgan fingerprint density at radius 3 is 2.67 bits per heavy atom. The molecule has 1 aliphatic heterocycles. The normalized spacial score (nSPS) is 16.0. The first-order chi connectivity index (χ1) is 18.8. The van der Waals surface area contributed by atoms with E-state index in [-0.39, 0.29) is 29.3 Å². The van der Waals surface area contributed by atoms with Gasteiger partial charge in [-0.1, -0.05) is 6.07 Å². The largest absolute Gasteiger partial charge is 0.382 e. The van der Waals surface area contributed by atoms with Crippen LogP contribution in [-0.4, -0.2) is 68.9 Å². The number of halogens is 2. The summed E-state index contributed by atoms with van der Waals surface area (Å²) in [6, 6.07) is 6.85. The third-order valence-electron chi connectivity index (χ3n) is 6.80. The van der Waals surface area contributed by atoms with Crippen molar-refractivity contribution in [3.05, 3.63) is 59.7 Å². The van der Waals surface area contributed by atoms with E-state index in [1.54, 1.807) is 19.4 Å². The van der Waals surface area contributed by atoms with Gasteiger partial charge in [0.25, 0.3) is 0 Å². The number of anilines is 2. The number of ether oxygens (including phenoxy) is 2. The molecule has 39 heavy (non-hydrogen) atoms. The Morgan fingerprint density at radius 1 is 1.08 bits per heavy atom. The molecule has 1 aliphatic rings. The van der Waals surface area contributed by atoms with Crippen molar-refractivity contribution in [3.8, 4) is 11.3 Å². The number of fused-ring (bicyclic) bond motifs is 1. The predicted octanol–water partition coefficient (Wildman–Crippen LogP) is 5.04. The lowest BCUT2D eigenvalue weighted by Crippen LogP contribution is -2.24. The second-order valence-electron chi connectivity index (χ2n) is 10.0. The van der Waals surface area contributed by atoms with Crippen LogP contribution in [0.4, 0.5) is 20.5 Å². The van der Waals surface area contributed by atoms with Gasteiger partial charge in [-0.15, -0.1) is 0 Å². The van der Waals surface area contributed by atoms with Crippen LogP contribution in [0.15, 0.2) is 36.7 Å². The molecule has 0 unspecified atom stereocenters. The molecule has 0 aliphatic carbocycles. The minimum absolute atomic E-state index is 0.00427. The summed E-state index contributed by atoms with van der Waals surface area (Å²) in [6.07, 6.45) is 4.09. The lowest BCUT2D eigenvalue weighted by atomic mass is 10.1. The van der Waals surface area contributed by atoms with Crippen molar-refractivity contribution in [1.82, 2.24) is 29.4 Å². The molecule has 1 atom stereocenters. The Morgan fingerprint density at radius 2 is 1.92 bits per heavy atom. The number of aryl methyl sites for hydroxylation is 1. The van der Waals surface area contributed by atoms with Crippen LogP contribution in [0.1, 0.15) is 37.7 Å². The first-order valence-electron chi connectivity index (χ1n) is 13.1. The van der Waals surface area contributed by atoms with Crippen molar-refractivity contribution in [3.63, 3.8) is 0 Å².